The van der Waals surface area contributed by atoms with Crippen molar-refractivity contribution in [3.05, 3.63) is 57.8 Å². The molecule has 0 aliphatic carbocycles. The molecule has 3 rings (SSSR count). The third-order valence-electron chi connectivity index (χ3n) is 4.30. The number of benzene rings is 1. The van der Waals surface area contributed by atoms with E-state index in [1.54, 1.807) is 24.3 Å². The van der Waals surface area contributed by atoms with E-state index >= 15 is 0 Å². The number of nitrogens with zero attached hydrogens (tertiary/aromatic N) is 2. The lowest BCUT2D eigenvalue weighted by Crippen LogP contribution is -2.34. The van der Waals surface area contributed by atoms with Gasteiger partial charge in [-0.15, -0.1) is 0 Å². The van der Waals surface area contributed by atoms with Crippen molar-refractivity contribution in [2.45, 2.75) is 25.2 Å². The summed E-state index contributed by atoms with van der Waals surface area (Å²) in [6.07, 6.45) is -2.30. The lowest BCUT2D eigenvalue weighted by Gasteiger charge is -2.23. The minimum Gasteiger partial charge on any atom is -0.501 e. The maximum atomic E-state index is 14.0. The third-order valence-corrected chi connectivity index (χ3v) is 4.30. The van der Waals surface area contributed by atoms with Crippen molar-refractivity contribution in [1.29, 1.82) is 0 Å². The summed E-state index contributed by atoms with van der Waals surface area (Å²) in [4.78, 5) is 43.3. The van der Waals surface area contributed by atoms with E-state index in [0.29, 0.717) is 0 Å². The molecule has 28 heavy (non-hydrogen) atoms. The number of methoxy groups -OCH3 is 1. The molecule has 1 saturated heterocycles. The molecule has 0 bridgehead atoms. The third kappa shape index (κ3) is 3.95. The van der Waals surface area contributed by atoms with Crippen LogP contribution in [0.1, 0.15) is 34.3 Å². The fourth-order valence-electron chi connectivity index (χ4n) is 2.93. The van der Waals surface area contributed by atoms with Gasteiger partial charge in [0, 0.05) is 6.42 Å². The zero-order valence-electron chi connectivity index (χ0n) is 14.9. The van der Waals surface area contributed by atoms with Crippen LogP contribution in [0.5, 0.6) is 5.75 Å². The van der Waals surface area contributed by atoms with Gasteiger partial charge in [-0.25, -0.2) is 19.0 Å². The summed E-state index contributed by atoms with van der Waals surface area (Å²) in [6.45, 7) is -0.261. The fraction of sp³-hybridized carbons (Fsp3) is 0.333. The van der Waals surface area contributed by atoms with E-state index < -0.39 is 41.3 Å². The molecule has 2 aromatic rings. The number of carbonyl (C=O) groups excluding carboxylic acids is 2. The van der Waals surface area contributed by atoms with Gasteiger partial charge in [0.15, 0.2) is 5.69 Å². The first-order valence-corrected chi connectivity index (χ1v) is 8.43. The van der Waals surface area contributed by atoms with Crippen LogP contribution in [0, 0.1) is 0 Å². The highest BCUT2D eigenvalue weighted by Crippen LogP contribution is 2.32. The second-order valence-electron chi connectivity index (χ2n) is 6.18. The van der Waals surface area contributed by atoms with Gasteiger partial charge in [0.05, 0.1) is 19.7 Å². The van der Waals surface area contributed by atoms with E-state index in [0.717, 1.165) is 17.6 Å². The molecule has 148 valence electrons. The summed E-state index contributed by atoms with van der Waals surface area (Å²) in [5, 5.41) is 9.72. The lowest BCUT2D eigenvalue weighted by atomic mass is 10.2. The number of aromatic hydroxyl groups is 1. The topological polar surface area (TPSA) is 122 Å². The average Bonchev–Trinajstić information content (AvgIpc) is 3.10. The summed E-state index contributed by atoms with van der Waals surface area (Å²) in [7, 11) is 1.06. The highest BCUT2D eigenvalue weighted by Gasteiger charge is 2.39. The van der Waals surface area contributed by atoms with Crippen LogP contribution in [0.25, 0.3) is 0 Å². The Kier molecular flexibility index (Phi) is 5.57. The Morgan fingerprint density at radius 3 is 2.75 bits per heavy atom. The Morgan fingerprint density at radius 1 is 1.36 bits per heavy atom. The smallest absolute Gasteiger partial charge is 0.410 e. The number of hydrogen-bond donors (Lipinski definition) is 2. The van der Waals surface area contributed by atoms with E-state index in [2.05, 4.69) is 14.7 Å². The molecule has 0 radical (unpaired) electrons. The van der Waals surface area contributed by atoms with Crippen molar-refractivity contribution in [2.75, 3.05) is 13.7 Å². The number of hydrogen-bond acceptors (Lipinski definition) is 7. The predicted molar refractivity (Wildman–Crippen MR) is 93.4 cm³/mol. The molecule has 10 heteroatoms. The predicted octanol–water partition coefficient (Wildman–Crippen LogP) is 1.68. The van der Waals surface area contributed by atoms with Crippen molar-refractivity contribution >= 4 is 12.1 Å². The molecule has 1 aliphatic heterocycles. The molecular weight excluding hydrogens is 373 g/mol. The fourth-order valence-corrected chi connectivity index (χ4v) is 2.93. The van der Waals surface area contributed by atoms with E-state index in [-0.39, 0.29) is 25.4 Å². The molecular formula is C18H18FN3O6. The number of carbonyl (C=O) groups is 2. The summed E-state index contributed by atoms with van der Waals surface area (Å²) in [6, 6.07) is 7.98. The van der Waals surface area contributed by atoms with Crippen molar-refractivity contribution in [3.8, 4) is 5.75 Å². The van der Waals surface area contributed by atoms with Crippen LogP contribution in [0.15, 0.2) is 35.1 Å². The minimum atomic E-state index is -1.37. The van der Waals surface area contributed by atoms with Crippen LogP contribution >= 0.6 is 0 Å². The Hall–Kier alpha value is -3.43. The summed E-state index contributed by atoms with van der Waals surface area (Å²) in [5.41, 5.74) is -0.848. The first kappa shape index (κ1) is 19.3. The van der Waals surface area contributed by atoms with Gasteiger partial charge in [0.1, 0.15) is 18.6 Å². The quantitative estimate of drug-likeness (QED) is 0.761. The first-order valence-electron chi connectivity index (χ1n) is 8.43. The first-order chi connectivity index (χ1) is 13.4. The Bertz CT molecular complexity index is 933. The second-order valence-corrected chi connectivity index (χ2v) is 6.18. The van der Waals surface area contributed by atoms with Gasteiger partial charge in [0.25, 0.3) is 5.56 Å². The SMILES string of the molecule is COC(=O)c1nc([C@@H]2C[C@@H](F)CN2C(=O)OCc2ccccc2)[nH]c(=O)c1O. The van der Waals surface area contributed by atoms with Crippen molar-refractivity contribution < 1.29 is 28.6 Å². The zero-order chi connectivity index (χ0) is 20.3. The number of H-pyrrole nitrogens is 1. The van der Waals surface area contributed by atoms with Gasteiger partial charge in [-0.3, -0.25) is 9.69 Å². The Morgan fingerprint density at radius 2 is 2.07 bits per heavy atom. The van der Waals surface area contributed by atoms with E-state index in [9.17, 15) is 23.9 Å². The summed E-state index contributed by atoms with van der Waals surface area (Å²) >= 11 is 0. The lowest BCUT2D eigenvalue weighted by molar-refractivity contribution is 0.0588. The molecule has 1 amide bonds. The van der Waals surface area contributed by atoms with Crippen molar-refractivity contribution in [3.63, 3.8) is 0 Å². The molecule has 0 saturated carbocycles. The number of aromatic nitrogens is 2. The highest BCUT2D eigenvalue weighted by molar-refractivity contribution is 5.89. The van der Waals surface area contributed by atoms with Crippen LogP contribution in [-0.2, 0) is 16.1 Å². The maximum Gasteiger partial charge on any atom is 0.410 e. The summed E-state index contributed by atoms with van der Waals surface area (Å²) < 4.78 is 23.7. The molecule has 1 fully saturated rings. The molecule has 1 aliphatic rings. The number of alkyl halides is 1. The number of ether oxygens (including phenoxy) is 2. The number of esters is 1. The van der Waals surface area contributed by atoms with E-state index in [1.165, 1.54) is 0 Å². The van der Waals surface area contributed by atoms with Gasteiger partial charge in [-0.05, 0) is 5.56 Å². The normalized spacial score (nSPS) is 18.7. The molecule has 0 spiro atoms. The molecule has 2 heterocycles. The minimum absolute atomic E-state index is 0.00716. The molecule has 9 nitrogen and oxygen atoms in total. The number of likely N-dealkylation sites (tertiary alicyclic amines) is 1. The molecule has 0 unspecified atom stereocenters. The molecule has 1 aromatic carbocycles. The van der Waals surface area contributed by atoms with Gasteiger partial charge in [-0.2, -0.15) is 0 Å². The van der Waals surface area contributed by atoms with Crippen LogP contribution in [0.3, 0.4) is 0 Å². The monoisotopic (exact) mass is 391 g/mol. The standard InChI is InChI=1S/C18H18FN3O6/c1-27-17(25)13-14(23)16(24)21-15(20-13)12-7-11(19)8-22(12)18(26)28-9-10-5-3-2-4-6-10/h2-6,11-12,23H,7-9H2,1H3,(H,20,21,24)/t11-,12+/m1/s1. The Balaban J connectivity index is 1.84. The van der Waals surface area contributed by atoms with Crippen LogP contribution in [-0.4, -0.2) is 51.9 Å². The van der Waals surface area contributed by atoms with E-state index in [4.69, 9.17) is 4.74 Å². The van der Waals surface area contributed by atoms with E-state index in [1.807, 2.05) is 6.07 Å². The largest absolute Gasteiger partial charge is 0.501 e. The van der Waals surface area contributed by atoms with Crippen LogP contribution in [0.4, 0.5) is 9.18 Å². The van der Waals surface area contributed by atoms with Crippen LogP contribution < -0.4 is 5.56 Å². The van der Waals surface area contributed by atoms with Gasteiger partial charge < -0.3 is 19.6 Å². The average molecular weight is 391 g/mol. The van der Waals surface area contributed by atoms with Crippen LogP contribution in [0.2, 0.25) is 0 Å². The number of aromatic amines is 1. The van der Waals surface area contributed by atoms with Gasteiger partial charge in [-0.1, -0.05) is 30.3 Å². The maximum absolute atomic E-state index is 14.0. The molecule has 2 atom stereocenters. The van der Waals surface area contributed by atoms with Crippen molar-refractivity contribution in [1.82, 2.24) is 14.9 Å². The number of rotatable bonds is 4. The summed E-state index contributed by atoms with van der Waals surface area (Å²) in [5.74, 6) is -2.08. The number of amides is 1. The zero-order valence-corrected chi connectivity index (χ0v) is 14.9. The number of nitrogens with one attached hydrogen (secondary N) is 1. The molecule has 2 N–H and O–H groups in total. The van der Waals surface area contributed by atoms with Gasteiger partial charge in [0.2, 0.25) is 5.75 Å². The van der Waals surface area contributed by atoms with Gasteiger partial charge >= 0.3 is 12.1 Å². The highest BCUT2D eigenvalue weighted by atomic mass is 19.1. The Labute approximate surface area is 158 Å². The van der Waals surface area contributed by atoms with Crippen molar-refractivity contribution in [2.24, 2.45) is 0 Å². The second kappa shape index (κ2) is 8.07. The number of halogens is 1. The molecule has 1 aromatic heterocycles.